The van der Waals surface area contributed by atoms with Crippen molar-refractivity contribution in [3.63, 3.8) is 0 Å². The van der Waals surface area contributed by atoms with Gasteiger partial charge < -0.3 is 15.8 Å². The highest BCUT2D eigenvalue weighted by Crippen LogP contribution is 2.09. The van der Waals surface area contributed by atoms with Gasteiger partial charge in [-0.3, -0.25) is 4.55 Å². The number of hydrogen-bond acceptors (Lipinski definition) is 3. The molecular weight excluding hydrogens is 270 g/mol. The molecule has 120 valence electrons. The molecule has 0 aliphatic carbocycles. The van der Waals surface area contributed by atoms with Crippen LogP contribution in [0.5, 0.6) is 0 Å². The van der Waals surface area contributed by atoms with Crippen LogP contribution in [-0.2, 0) is 10.4 Å². The summed E-state index contributed by atoms with van der Waals surface area (Å²) in [6, 6.07) is 0. The van der Waals surface area contributed by atoms with Crippen LogP contribution < -0.4 is 5.73 Å². The number of unbranched alkanes of at least 4 members (excludes halogenated alkanes) is 9. The predicted molar refractivity (Wildman–Crippen MR) is 75.5 cm³/mol. The van der Waals surface area contributed by atoms with Gasteiger partial charge in [-0.25, -0.2) is 8.42 Å². The molecule has 0 aliphatic rings. The largest absolute Gasteiger partial charge is 0.726 e. The van der Waals surface area contributed by atoms with Crippen molar-refractivity contribution in [3.8, 4) is 0 Å². The van der Waals surface area contributed by atoms with E-state index in [1.807, 2.05) is 0 Å². The fraction of sp³-hybridized carbons (Fsp3) is 1.00. The lowest BCUT2D eigenvalue weighted by Crippen LogP contribution is -2.50. The zero-order chi connectivity index (χ0) is 14.3. The van der Waals surface area contributed by atoms with Gasteiger partial charge in [0.25, 0.3) is 0 Å². The third-order valence-corrected chi connectivity index (χ3v) is 2.60. The molecule has 0 atom stereocenters. The summed E-state index contributed by atoms with van der Waals surface area (Å²) in [7, 11) is -4.92. The quantitative estimate of drug-likeness (QED) is 0.357. The van der Waals surface area contributed by atoms with Gasteiger partial charge >= 0.3 is 0 Å². The minimum Gasteiger partial charge on any atom is -0.726 e. The zero-order valence-electron chi connectivity index (χ0n) is 12.1. The van der Waals surface area contributed by atoms with Crippen molar-refractivity contribution in [2.75, 3.05) is 6.54 Å². The Morgan fingerprint density at radius 3 is 1.42 bits per heavy atom. The smallest absolute Gasteiger partial charge is 0.215 e. The van der Waals surface area contributed by atoms with Gasteiger partial charge in [-0.1, -0.05) is 58.3 Å². The molecule has 0 fully saturated rings. The van der Waals surface area contributed by atoms with Crippen LogP contribution in [0.3, 0.4) is 0 Å². The van der Waals surface area contributed by atoms with E-state index in [2.05, 4.69) is 12.7 Å². The first-order valence-corrected chi connectivity index (χ1v) is 8.25. The highest BCUT2D eigenvalue weighted by atomic mass is 32.3. The molecule has 0 bridgehead atoms. The number of quaternary nitrogens is 1. The Balaban J connectivity index is -0.000000366. The molecule has 0 saturated heterocycles. The fourth-order valence-corrected chi connectivity index (χ4v) is 1.66. The van der Waals surface area contributed by atoms with E-state index >= 15 is 0 Å². The third-order valence-electron chi connectivity index (χ3n) is 2.60. The molecule has 0 saturated carbocycles. The van der Waals surface area contributed by atoms with Crippen molar-refractivity contribution in [1.82, 2.24) is 0 Å². The molecule has 0 unspecified atom stereocenters. The monoisotopic (exact) mass is 301 g/mol. The Bertz CT molecular complexity index is 227. The summed E-state index contributed by atoms with van der Waals surface area (Å²) < 4.78 is 32.8. The van der Waals surface area contributed by atoms with Gasteiger partial charge in [0.1, 0.15) is 0 Å². The van der Waals surface area contributed by atoms with E-state index in [4.69, 9.17) is 17.5 Å². The zero-order valence-corrected chi connectivity index (χ0v) is 12.9. The maximum atomic E-state index is 8.63. The molecule has 7 heteroatoms. The molecule has 6 N–H and O–H groups in total. The normalized spacial score (nSPS) is 10.3. The summed E-state index contributed by atoms with van der Waals surface area (Å²) in [5.41, 5.74) is 3.85. The summed E-state index contributed by atoms with van der Waals surface area (Å²) in [6.07, 6.45) is 14.2. The van der Waals surface area contributed by atoms with E-state index in [9.17, 15) is 0 Å². The lowest BCUT2D eigenvalue weighted by atomic mass is 10.1. The number of hydrogen-bond donors (Lipinski definition) is 2. The summed E-state index contributed by atoms with van der Waals surface area (Å²) in [4.78, 5) is 0. The van der Waals surface area contributed by atoms with Crippen LogP contribution in [0, 0.1) is 0 Å². The average molecular weight is 301 g/mol. The molecule has 0 aromatic carbocycles. The second-order valence-corrected chi connectivity index (χ2v) is 5.32. The second-order valence-electron chi connectivity index (χ2n) is 4.46. The standard InChI is InChI=1S/C12H27N.H2O4S.H2O/c1-2-3-4-5-6-7-8-9-10-11-12-13;1-5(2,3)4;/h2-13H2,1H3;(H2,1,2,3,4);1H2. The van der Waals surface area contributed by atoms with Gasteiger partial charge in [0.15, 0.2) is 0 Å². The van der Waals surface area contributed by atoms with Crippen LogP contribution in [0.2, 0.25) is 0 Å². The molecule has 0 aliphatic heterocycles. The lowest BCUT2D eigenvalue weighted by molar-refractivity contribution is -0.368. The van der Waals surface area contributed by atoms with Crippen molar-refractivity contribution >= 4 is 10.4 Å². The van der Waals surface area contributed by atoms with E-state index in [0.29, 0.717) is 0 Å². The predicted octanol–water partition coefficient (Wildman–Crippen LogP) is 1.33. The molecule has 0 heterocycles. The van der Waals surface area contributed by atoms with E-state index in [1.165, 1.54) is 64.2 Å². The van der Waals surface area contributed by atoms with Crippen molar-refractivity contribution in [2.24, 2.45) is 0 Å². The maximum absolute atomic E-state index is 8.63. The van der Waals surface area contributed by atoms with Gasteiger partial charge in [0.05, 0.1) is 6.54 Å². The Hall–Kier alpha value is -0.210. The van der Waals surface area contributed by atoms with Crippen LogP contribution in [-0.4, -0.2) is 29.5 Å². The van der Waals surface area contributed by atoms with Crippen LogP contribution in [0.1, 0.15) is 71.1 Å². The first-order chi connectivity index (χ1) is 8.41. The van der Waals surface area contributed by atoms with E-state index in [0.717, 1.165) is 6.54 Å². The average Bonchev–Trinajstić information content (AvgIpc) is 2.25. The van der Waals surface area contributed by atoms with E-state index in [-0.39, 0.29) is 5.48 Å². The van der Waals surface area contributed by atoms with Crippen LogP contribution in [0.15, 0.2) is 0 Å². The molecule has 0 rings (SSSR count). The minimum atomic E-state index is -4.92. The van der Waals surface area contributed by atoms with Gasteiger partial charge in [-0.05, 0) is 12.8 Å². The summed E-state index contributed by atoms with van der Waals surface area (Å²) in [5.74, 6) is 0. The Kier molecular flexibility index (Phi) is 22.3. The lowest BCUT2D eigenvalue weighted by Gasteiger charge is -2.00. The summed E-state index contributed by atoms with van der Waals surface area (Å²) >= 11 is 0. The van der Waals surface area contributed by atoms with Crippen LogP contribution in [0.4, 0.5) is 0 Å². The van der Waals surface area contributed by atoms with Gasteiger partial charge in [-0.2, -0.15) is 0 Å². The first kappa shape index (κ1) is 23.9. The number of rotatable bonds is 10. The fourth-order valence-electron chi connectivity index (χ4n) is 1.66. The summed E-state index contributed by atoms with van der Waals surface area (Å²) in [5, 5.41) is 0. The third kappa shape index (κ3) is 46.3. The van der Waals surface area contributed by atoms with E-state index in [1.54, 1.807) is 0 Å². The Labute approximate surface area is 117 Å². The molecule has 0 amide bonds. The SMILES string of the molecule is CCCCCCCCCCCC[NH3+].O.O=S(=O)([O-])O. The molecule has 0 spiro atoms. The molecule has 19 heavy (non-hydrogen) atoms. The molecule has 0 radical (unpaired) electrons. The molecule has 6 nitrogen and oxygen atoms in total. The first-order valence-electron chi connectivity index (χ1n) is 6.89. The molecular formula is C12H31NO5S. The summed E-state index contributed by atoms with van der Waals surface area (Å²) in [6.45, 7) is 3.40. The van der Waals surface area contributed by atoms with Crippen molar-refractivity contribution in [2.45, 2.75) is 71.1 Å². The molecule has 0 aromatic rings. The van der Waals surface area contributed by atoms with E-state index < -0.39 is 10.4 Å². The van der Waals surface area contributed by atoms with Crippen molar-refractivity contribution in [1.29, 1.82) is 0 Å². The van der Waals surface area contributed by atoms with Gasteiger partial charge in [0.2, 0.25) is 10.4 Å². The Morgan fingerprint density at radius 2 is 1.16 bits per heavy atom. The van der Waals surface area contributed by atoms with Crippen LogP contribution in [0.25, 0.3) is 0 Å². The van der Waals surface area contributed by atoms with Crippen LogP contribution >= 0.6 is 0 Å². The van der Waals surface area contributed by atoms with Gasteiger partial charge in [0, 0.05) is 0 Å². The highest BCUT2D eigenvalue weighted by Gasteiger charge is 1.91. The van der Waals surface area contributed by atoms with Crippen molar-refractivity contribution < 1.29 is 28.7 Å². The topological polar surface area (TPSA) is 137 Å². The highest BCUT2D eigenvalue weighted by molar-refractivity contribution is 7.79. The van der Waals surface area contributed by atoms with Crippen molar-refractivity contribution in [3.05, 3.63) is 0 Å². The molecule has 0 aromatic heterocycles. The Morgan fingerprint density at radius 1 is 0.895 bits per heavy atom. The maximum Gasteiger partial charge on any atom is 0.215 e. The second kappa shape index (κ2) is 17.8. The minimum absolute atomic E-state index is 0. The van der Waals surface area contributed by atoms with Gasteiger partial charge in [-0.15, -0.1) is 0 Å².